The average molecular weight is 424 g/mol. The molecule has 1 fully saturated rings. The molecule has 0 radical (unpaired) electrons. The summed E-state index contributed by atoms with van der Waals surface area (Å²) in [4.78, 5) is 21.9. The van der Waals surface area contributed by atoms with E-state index in [-0.39, 0.29) is 5.91 Å². The maximum atomic E-state index is 13.1. The summed E-state index contributed by atoms with van der Waals surface area (Å²) in [6.07, 6.45) is 4.80. The number of methoxy groups -OCH3 is 1. The van der Waals surface area contributed by atoms with Gasteiger partial charge in [-0.25, -0.2) is 9.50 Å². The third-order valence-electron chi connectivity index (χ3n) is 5.74. The summed E-state index contributed by atoms with van der Waals surface area (Å²) in [7, 11) is 1.58. The van der Waals surface area contributed by atoms with E-state index in [0.29, 0.717) is 42.2 Å². The minimum absolute atomic E-state index is 0.0933. The zero-order valence-corrected chi connectivity index (χ0v) is 17.4. The minimum Gasteiger partial charge on any atom is -0.493 e. The predicted molar refractivity (Wildman–Crippen MR) is 117 cm³/mol. The van der Waals surface area contributed by atoms with Crippen LogP contribution in [0.4, 0.5) is 0 Å². The van der Waals surface area contributed by atoms with Crippen molar-refractivity contribution in [2.75, 3.05) is 7.11 Å². The van der Waals surface area contributed by atoms with E-state index in [2.05, 4.69) is 16.4 Å². The maximum Gasteiger partial charge on any atom is 0.234 e. The van der Waals surface area contributed by atoms with E-state index in [4.69, 9.17) is 14.8 Å². The van der Waals surface area contributed by atoms with Crippen molar-refractivity contribution in [1.29, 1.82) is 5.26 Å². The fourth-order valence-corrected chi connectivity index (χ4v) is 3.80. The number of hydrogen-bond donors (Lipinski definition) is 1. The number of carbonyl (C=O) groups is 1. The molecule has 1 N–H and O–H groups in total. The lowest BCUT2D eigenvalue weighted by Gasteiger charge is -2.11. The van der Waals surface area contributed by atoms with Crippen LogP contribution in [0, 0.1) is 11.3 Å². The van der Waals surface area contributed by atoms with Crippen molar-refractivity contribution in [3.8, 4) is 23.1 Å². The molecular formula is C24H20N6O2. The van der Waals surface area contributed by atoms with Crippen molar-refractivity contribution >= 4 is 11.6 Å². The van der Waals surface area contributed by atoms with Gasteiger partial charge in [0, 0.05) is 24.5 Å². The first-order chi connectivity index (χ1) is 15.6. The minimum atomic E-state index is -0.745. The quantitative estimate of drug-likeness (QED) is 0.510. The van der Waals surface area contributed by atoms with E-state index in [1.807, 2.05) is 36.4 Å². The van der Waals surface area contributed by atoms with Crippen LogP contribution in [0.25, 0.3) is 16.9 Å². The molecule has 1 saturated carbocycles. The molecule has 3 heterocycles. The van der Waals surface area contributed by atoms with Gasteiger partial charge in [-0.05, 0) is 48.7 Å². The van der Waals surface area contributed by atoms with Crippen LogP contribution in [-0.2, 0) is 16.8 Å². The summed E-state index contributed by atoms with van der Waals surface area (Å²) < 4.78 is 7.19. The number of carbonyl (C=O) groups excluding carboxylic acids is 1. The van der Waals surface area contributed by atoms with Crippen molar-refractivity contribution in [1.82, 2.24) is 24.9 Å². The number of nitrogens with one attached hydrogen (secondary N) is 1. The number of aromatic nitrogens is 4. The average Bonchev–Trinajstić information content (AvgIpc) is 3.54. The Hall–Kier alpha value is -4.25. The zero-order chi connectivity index (χ0) is 22.1. The van der Waals surface area contributed by atoms with E-state index < -0.39 is 5.41 Å². The topological polar surface area (TPSA) is 105 Å². The van der Waals surface area contributed by atoms with E-state index >= 15 is 0 Å². The highest BCUT2D eigenvalue weighted by atomic mass is 16.5. The van der Waals surface area contributed by atoms with Crippen LogP contribution < -0.4 is 10.1 Å². The van der Waals surface area contributed by atoms with E-state index in [9.17, 15) is 10.1 Å². The highest BCUT2D eigenvalue weighted by Gasteiger charge is 2.54. The second-order valence-corrected chi connectivity index (χ2v) is 7.78. The number of ether oxygens (including phenoxy) is 1. The number of pyridine rings is 2. The van der Waals surface area contributed by atoms with Crippen LogP contribution in [0.3, 0.4) is 0 Å². The van der Waals surface area contributed by atoms with Crippen LogP contribution in [0.1, 0.15) is 29.8 Å². The summed E-state index contributed by atoms with van der Waals surface area (Å²) >= 11 is 0. The molecule has 5 rings (SSSR count). The summed E-state index contributed by atoms with van der Waals surface area (Å²) in [5.74, 6) is 0.947. The first-order valence-corrected chi connectivity index (χ1v) is 10.3. The van der Waals surface area contributed by atoms with Gasteiger partial charge >= 0.3 is 0 Å². The predicted octanol–water partition coefficient (Wildman–Crippen LogP) is 3.02. The van der Waals surface area contributed by atoms with Gasteiger partial charge in [0.1, 0.15) is 5.41 Å². The van der Waals surface area contributed by atoms with Crippen LogP contribution in [0.15, 0.2) is 60.9 Å². The zero-order valence-electron chi connectivity index (χ0n) is 17.4. The normalized spacial score (nSPS) is 14.0. The van der Waals surface area contributed by atoms with Gasteiger partial charge in [-0.2, -0.15) is 5.26 Å². The first-order valence-electron chi connectivity index (χ1n) is 10.3. The number of fused-ring (bicyclic) bond motifs is 1. The molecule has 3 aromatic heterocycles. The number of amides is 1. The van der Waals surface area contributed by atoms with Gasteiger partial charge < -0.3 is 10.1 Å². The lowest BCUT2D eigenvalue weighted by molar-refractivity contribution is -0.123. The van der Waals surface area contributed by atoms with Crippen LogP contribution >= 0.6 is 0 Å². The SMILES string of the molecule is COc1ccc(-c2cccc(C#N)c2)n2nc(C3(C(=O)NCc4cccnc4)CC3)nc12. The molecule has 0 atom stereocenters. The van der Waals surface area contributed by atoms with Gasteiger partial charge in [-0.15, -0.1) is 5.10 Å². The van der Waals surface area contributed by atoms with E-state index in [1.165, 1.54) is 0 Å². The highest BCUT2D eigenvalue weighted by molar-refractivity contribution is 5.90. The number of hydrogen-bond acceptors (Lipinski definition) is 6. The van der Waals surface area contributed by atoms with Crippen molar-refractivity contribution in [3.05, 3.63) is 77.9 Å². The Kier molecular flexibility index (Phi) is 4.79. The van der Waals surface area contributed by atoms with Crippen molar-refractivity contribution in [2.24, 2.45) is 0 Å². The van der Waals surface area contributed by atoms with Crippen molar-refractivity contribution in [3.63, 3.8) is 0 Å². The number of nitriles is 1. The van der Waals surface area contributed by atoms with Crippen molar-refractivity contribution in [2.45, 2.75) is 24.8 Å². The lowest BCUT2D eigenvalue weighted by atomic mass is 10.1. The van der Waals surface area contributed by atoms with Crippen LogP contribution in [0.5, 0.6) is 5.75 Å². The fourth-order valence-electron chi connectivity index (χ4n) is 3.80. The molecule has 0 saturated heterocycles. The Bertz CT molecular complexity index is 1350. The molecule has 0 bridgehead atoms. The third-order valence-corrected chi connectivity index (χ3v) is 5.74. The van der Waals surface area contributed by atoms with Gasteiger partial charge in [0.25, 0.3) is 0 Å². The molecule has 0 spiro atoms. The van der Waals surface area contributed by atoms with Crippen LogP contribution in [-0.4, -0.2) is 32.6 Å². The Morgan fingerprint density at radius 1 is 1.25 bits per heavy atom. The molecule has 1 aliphatic rings. The monoisotopic (exact) mass is 424 g/mol. The number of benzene rings is 1. The second kappa shape index (κ2) is 7.78. The van der Waals surface area contributed by atoms with Gasteiger partial charge in [-0.3, -0.25) is 9.78 Å². The largest absolute Gasteiger partial charge is 0.493 e. The molecular weight excluding hydrogens is 404 g/mol. The molecule has 4 aromatic rings. The molecule has 1 amide bonds. The number of nitrogens with zero attached hydrogens (tertiary/aromatic N) is 5. The maximum absolute atomic E-state index is 13.1. The summed E-state index contributed by atoms with van der Waals surface area (Å²) in [5, 5.41) is 17.0. The molecule has 8 nitrogen and oxygen atoms in total. The Morgan fingerprint density at radius 3 is 2.84 bits per heavy atom. The third kappa shape index (κ3) is 3.34. The molecule has 1 aliphatic carbocycles. The summed E-state index contributed by atoms with van der Waals surface area (Å²) in [6.45, 7) is 0.400. The van der Waals surface area contributed by atoms with Gasteiger partial charge in [0.15, 0.2) is 17.2 Å². The highest BCUT2D eigenvalue weighted by Crippen LogP contribution is 2.47. The Labute approximate surface area is 184 Å². The molecule has 0 aliphatic heterocycles. The Balaban J connectivity index is 1.52. The molecule has 1 aromatic carbocycles. The van der Waals surface area contributed by atoms with Gasteiger partial charge in [-0.1, -0.05) is 18.2 Å². The second-order valence-electron chi connectivity index (χ2n) is 7.78. The van der Waals surface area contributed by atoms with Gasteiger partial charge in [0.05, 0.1) is 24.4 Å². The molecule has 0 unspecified atom stereocenters. The smallest absolute Gasteiger partial charge is 0.234 e. The molecule has 158 valence electrons. The van der Waals surface area contributed by atoms with Crippen LogP contribution in [0.2, 0.25) is 0 Å². The first kappa shape index (κ1) is 19.7. The Morgan fingerprint density at radius 2 is 2.12 bits per heavy atom. The summed E-state index contributed by atoms with van der Waals surface area (Å²) in [5.41, 5.74) is 2.88. The van der Waals surface area contributed by atoms with E-state index in [0.717, 1.165) is 16.8 Å². The van der Waals surface area contributed by atoms with Crippen molar-refractivity contribution < 1.29 is 9.53 Å². The lowest BCUT2D eigenvalue weighted by Crippen LogP contribution is -2.35. The molecule has 8 heteroatoms. The fraction of sp³-hybridized carbons (Fsp3) is 0.208. The standard InChI is InChI=1S/C24H20N6O2/c1-32-20-8-7-19(18-6-2-4-16(12-18)13-25)30-21(20)28-22(29-30)24(9-10-24)23(31)27-15-17-5-3-11-26-14-17/h2-8,11-12,14H,9-10,15H2,1H3,(H,27,31). The molecule has 32 heavy (non-hydrogen) atoms. The summed E-state index contributed by atoms with van der Waals surface area (Å²) in [6, 6.07) is 16.9. The van der Waals surface area contributed by atoms with Gasteiger partial charge in [0.2, 0.25) is 5.91 Å². The number of rotatable bonds is 6. The van der Waals surface area contributed by atoms with E-state index in [1.54, 1.807) is 36.2 Å².